The van der Waals surface area contributed by atoms with E-state index in [0.717, 1.165) is 10.8 Å². The minimum Gasteiger partial charge on any atom is -0.496 e. The molecular formula is C36H52N2O8S2. The summed E-state index contributed by atoms with van der Waals surface area (Å²) in [5.41, 5.74) is -3.16. The maximum atomic E-state index is 14.6. The fourth-order valence-corrected chi connectivity index (χ4v) is 7.09. The van der Waals surface area contributed by atoms with Gasteiger partial charge < -0.3 is 29.6 Å². The lowest BCUT2D eigenvalue weighted by atomic mass is 9.73. The molecule has 0 aliphatic carbocycles. The number of amides is 2. The van der Waals surface area contributed by atoms with E-state index in [-0.39, 0.29) is 28.4 Å². The van der Waals surface area contributed by atoms with Gasteiger partial charge in [0.15, 0.2) is 0 Å². The van der Waals surface area contributed by atoms with E-state index in [1.54, 1.807) is 104 Å². The molecule has 0 aliphatic rings. The van der Waals surface area contributed by atoms with Crippen LogP contribution in [-0.2, 0) is 29.4 Å². The molecule has 0 fully saturated rings. The molecule has 266 valence electrons. The van der Waals surface area contributed by atoms with Crippen molar-refractivity contribution in [1.82, 2.24) is 10.6 Å². The SMILES string of the molecule is COc1cccc(C(=O)NC(CC(C)C)C(=O)OC(C)(C)C)c1C(OC)(C(C)C)C(NC(=O)c1ccccc1)(SS)C(=O)OC(C)(C)C. The maximum Gasteiger partial charge on any atom is 0.347 e. The van der Waals surface area contributed by atoms with Crippen LogP contribution < -0.4 is 15.4 Å². The number of carbonyl (C=O) groups is 4. The Morgan fingerprint density at radius 3 is 1.85 bits per heavy atom. The Morgan fingerprint density at radius 2 is 1.40 bits per heavy atom. The summed E-state index contributed by atoms with van der Waals surface area (Å²) in [4.78, 5) is 54.1. The van der Waals surface area contributed by atoms with Crippen molar-refractivity contribution in [3.8, 4) is 5.75 Å². The highest BCUT2D eigenvalue weighted by Gasteiger charge is 2.65. The fourth-order valence-electron chi connectivity index (χ4n) is 5.52. The third kappa shape index (κ3) is 9.47. The van der Waals surface area contributed by atoms with Crippen molar-refractivity contribution in [2.24, 2.45) is 11.8 Å². The topological polar surface area (TPSA) is 129 Å². The minimum absolute atomic E-state index is 0.0370. The molecule has 0 spiro atoms. The summed E-state index contributed by atoms with van der Waals surface area (Å²) < 4.78 is 23.8. The van der Waals surface area contributed by atoms with Gasteiger partial charge in [-0.25, -0.2) is 9.59 Å². The van der Waals surface area contributed by atoms with Crippen molar-refractivity contribution >= 4 is 46.2 Å². The van der Waals surface area contributed by atoms with Gasteiger partial charge in [0, 0.05) is 23.8 Å². The molecule has 0 heterocycles. The highest BCUT2D eigenvalue weighted by atomic mass is 33.1. The number of carbonyl (C=O) groups excluding carboxylic acids is 4. The normalized spacial score (nSPS) is 15.1. The van der Waals surface area contributed by atoms with Gasteiger partial charge in [0.05, 0.1) is 7.11 Å². The number of thiol groups is 1. The second kappa shape index (κ2) is 16.5. The first-order valence-electron chi connectivity index (χ1n) is 15.9. The Kier molecular flexibility index (Phi) is 14.0. The lowest BCUT2D eigenvalue weighted by Gasteiger charge is -2.50. The van der Waals surface area contributed by atoms with Crippen LogP contribution in [0, 0.1) is 11.8 Å². The van der Waals surface area contributed by atoms with Crippen LogP contribution in [0.1, 0.15) is 102 Å². The van der Waals surface area contributed by atoms with E-state index in [0.29, 0.717) is 6.42 Å². The van der Waals surface area contributed by atoms with E-state index in [4.69, 9.17) is 18.9 Å². The molecule has 2 aromatic rings. The van der Waals surface area contributed by atoms with Crippen molar-refractivity contribution in [2.75, 3.05) is 14.2 Å². The number of benzene rings is 2. The molecule has 2 aromatic carbocycles. The number of nitrogens with one attached hydrogen (secondary N) is 2. The molecule has 0 bridgehead atoms. The molecule has 0 radical (unpaired) electrons. The second-order valence-corrected chi connectivity index (χ2v) is 15.6. The van der Waals surface area contributed by atoms with Crippen molar-refractivity contribution in [2.45, 2.75) is 103 Å². The average Bonchev–Trinajstić information content (AvgIpc) is 2.98. The molecule has 3 atom stereocenters. The Labute approximate surface area is 294 Å². The minimum atomic E-state index is -2.11. The zero-order valence-corrected chi connectivity index (χ0v) is 31.9. The van der Waals surface area contributed by atoms with E-state index in [1.165, 1.54) is 14.2 Å². The highest BCUT2D eigenvalue weighted by molar-refractivity contribution is 8.69. The molecule has 2 N–H and O–H groups in total. The molecule has 2 rings (SSSR count). The van der Waals surface area contributed by atoms with Gasteiger partial charge in [-0.1, -0.05) is 62.8 Å². The predicted octanol–water partition coefficient (Wildman–Crippen LogP) is 6.73. The second-order valence-electron chi connectivity index (χ2n) is 14.3. The van der Waals surface area contributed by atoms with Crippen LogP contribution in [0.4, 0.5) is 0 Å². The maximum absolute atomic E-state index is 14.6. The van der Waals surface area contributed by atoms with E-state index in [9.17, 15) is 19.2 Å². The standard InChI is InChI=1S/C36H52N2O8S2/c1-22(2)21-26(31(41)45-33(5,6)7)37-30(40)25-19-16-20-27(43-11)28(25)35(44-12,23(3)4)36(48-47,32(42)46-34(8,9)10)38-29(39)24-17-14-13-15-18-24/h13-20,22-23,26,47H,21H2,1-12H3,(H,37,40)(H,38,39). The molecule has 0 aromatic heterocycles. The number of esters is 2. The van der Waals surface area contributed by atoms with Crippen LogP contribution in [0.2, 0.25) is 0 Å². The van der Waals surface area contributed by atoms with E-state index in [1.807, 2.05) is 13.8 Å². The summed E-state index contributed by atoms with van der Waals surface area (Å²) in [6.45, 7) is 17.8. The molecule has 48 heavy (non-hydrogen) atoms. The highest BCUT2D eigenvalue weighted by Crippen LogP contribution is 2.54. The van der Waals surface area contributed by atoms with Crippen LogP contribution in [0.15, 0.2) is 48.5 Å². The van der Waals surface area contributed by atoms with Gasteiger partial charge in [-0.05, 0) is 84.1 Å². The molecule has 12 heteroatoms. The fraction of sp³-hybridized carbons (Fsp3) is 0.556. The van der Waals surface area contributed by atoms with Gasteiger partial charge in [-0.3, -0.25) is 9.59 Å². The number of methoxy groups -OCH3 is 2. The van der Waals surface area contributed by atoms with Crippen LogP contribution in [0.5, 0.6) is 5.75 Å². The molecule has 0 saturated carbocycles. The quantitative estimate of drug-likeness (QED) is 0.0849. The van der Waals surface area contributed by atoms with Crippen LogP contribution in [0.25, 0.3) is 0 Å². The summed E-state index contributed by atoms with van der Waals surface area (Å²) in [6.07, 6.45) is 0.307. The lowest BCUT2D eigenvalue weighted by molar-refractivity contribution is -0.176. The third-order valence-electron chi connectivity index (χ3n) is 7.37. The number of ether oxygens (including phenoxy) is 4. The van der Waals surface area contributed by atoms with E-state index >= 15 is 0 Å². The summed E-state index contributed by atoms with van der Waals surface area (Å²) in [7, 11) is 3.53. The van der Waals surface area contributed by atoms with Crippen LogP contribution >= 0.6 is 22.5 Å². The summed E-state index contributed by atoms with van der Waals surface area (Å²) in [5, 5.41) is 5.77. The largest absolute Gasteiger partial charge is 0.496 e. The number of hydrogen-bond donors (Lipinski definition) is 3. The van der Waals surface area contributed by atoms with Gasteiger partial charge in [0.2, 0.25) is 4.87 Å². The Morgan fingerprint density at radius 1 is 0.812 bits per heavy atom. The van der Waals surface area contributed by atoms with Crippen molar-refractivity contribution in [1.29, 1.82) is 0 Å². The molecule has 10 nitrogen and oxygen atoms in total. The Balaban J connectivity index is 2.98. The van der Waals surface area contributed by atoms with Crippen LogP contribution in [0.3, 0.4) is 0 Å². The molecule has 2 amide bonds. The first-order valence-corrected chi connectivity index (χ1v) is 17.8. The summed E-state index contributed by atoms with van der Waals surface area (Å²) >= 11 is 4.60. The first kappa shape index (κ1) is 41.0. The number of hydrogen-bond acceptors (Lipinski definition) is 10. The van der Waals surface area contributed by atoms with Crippen molar-refractivity contribution in [3.05, 3.63) is 65.2 Å². The summed E-state index contributed by atoms with van der Waals surface area (Å²) in [5.74, 6) is -3.09. The molecular weight excluding hydrogens is 653 g/mol. The monoisotopic (exact) mass is 704 g/mol. The van der Waals surface area contributed by atoms with Crippen LogP contribution in [-0.4, -0.2) is 60.1 Å². The first-order chi connectivity index (χ1) is 22.2. The number of rotatable bonds is 14. The smallest absolute Gasteiger partial charge is 0.347 e. The average molecular weight is 705 g/mol. The summed E-state index contributed by atoms with van der Waals surface area (Å²) in [6, 6.07) is 12.2. The predicted molar refractivity (Wildman–Crippen MR) is 192 cm³/mol. The van der Waals surface area contributed by atoms with Gasteiger partial charge in [0.25, 0.3) is 11.8 Å². The Bertz CT molecular complexity index is 1440. The zero-order valence-electron chi connectivity index (χ0n) is 30.2. The van der Waals surface area contributed by atoms with Gasteiger partial charge in [0.1, 0.15) is 28.6 Å². The van der Waals surface area contributed by atoms with Crippen molar-refractivity contribution in [3.63, 3.8) is 0 Å². The van der Waals surface area contributed by atoms with E-state index < -0.39 is 57.4 Å². The van der Waals surface area contributed by atoms with Gasteiger partial charge in [-0.15, -0.1) is 11.7 Å². The Hall–Kier alpha value is -3.22. The third-order valence-corrected chi connectivity index (χ3v) is 9.04. The molecule has 0 aliphatic heterocycles. The lowest BCUT2D eigenvalue weighted by Crippen LogP contribution is -2.68. The molecule has 0 saturated heterocycles. The zero-order chi connectivity index (χ0) is 36.7. The van der Waals surface area contributed by atoms with Crippen molar-refractivity contribution < 1.29 is 38.1 Å². The van der Waals surface area contributed by atoms with Gasteiger partial charge in [-0.2, -0.15) is 0 Å². The molecule has 3 unspecified atom stereocenters. The van der Waals surface area contributed by atoms with E-state index in [2.05, 4.69) is 22.3 Å². The van der Waals surface area contributed by atoms with Gasteiger partial charge >= 0.3 is 11.9 Å².